The van der Waals surface area contributed by atoms with Gasteiger partial charge in [0.2, 0.25) is 0 Å². The average molecular weight is 470 g/mol. The molecule has 3 heteroatoms. The van der Waals surface area contributed by atoms with Gasteiger partial charge in [-0.25, -0.2) is 8.78 Å². The lowest BCUT2D eigenvalue weighted by molar-refractivity contribution is 0.249. The summed E-state index contributed by atoms with van der Waals surface area (Å²) >= 11 is 0. The molecule has 1 aliphatic rings. The van der Waals surface area contributed by atoms with E-state index in [2.05, 4.69) is 24.8 Å². The van der Waals surface area contributed by atoms with Gasteiger partial charge < -0.3 is 0 Å². The van der Waals surface area contributed by atoms with Crippen molar-refractivity contribution >= 4 is 10.8 Å². The van der Waals surface area contributed by atoms with Crippen molar-refractivity contribution in [1.82, 2.24) is 0 Å². The maximum atomic E-state index is 15.1. The highest BCUT2D eigenvalue weighted by Gasteiger charge is 2.20. The van der Waals surface area contributed by atoms with Gasteiger partial charge in [0.25, 0.3) is 0 Å². The van der Waals surface area contributed by atoms with Crippen LogP contribution >= 0.6 is 0 Å². The molecular formula is C32H33F2N. The minimum atomic E-state index is -0.620. The molecule has 1 saturated carbocycles. The van der Waals surface area contributed by atoms with Gasteiger partial charge in [0.15, 0.2) is 0 Å². The largest absolute Gasteiger partial charge is 0.206 e. The summed E-state index contributed by atoms with van der Waals surface area (Å²) in [5.41, 5.74) is 1.92. The van der Waals surface area contributed by atoms with Gasteiger partial charge >= 0.3 is 0 Å². The third-order valence-electron chi connectivity index (χ3n) is 7.47. The van der Waals surface area contributed by atoms with Gasteiger partial charge in [-0.1, -0.05) is 94.4 Å². The molecule has 0 heterocycles. The summed E-state index contributed by atoms with van der Waals surface area (Å²) in [5.74, 6) is 6.40. The predicted molar refractivity (Wildman–Crippen MR) is 139 cm³/mol. The summed E-state index contributed by atoms with van der Waals surface area (Å²) in [7, 11) is 0. The Balaban J connectivity index is 1.37. The van der Waals surface area contributed by atoms with Crippen LogP contribution in [0.5, 0.6) is 0 Å². The second-order valence-corrected chi connectivity index (χ2v) is 9.96. The van der Waals surface area contributed by atoms with Crippen molar-refractivity contribution in [3.8, 4) is 17.9 Å². The summed E-state index contributed by atoms with van der Waals surface area (Å²) in [6, 6.07) is 15.5. The Labute approximate surface area is 208 Å². The van der Waals surface area contributed by atoms with E-state index in [0.29, 0.717) is 10.9 Å². The molecule has 0 N–H and O–H groups in total. The van der Waals surface area contributed by atoms with Crippen LogP contribution in [0.4, 0.5) is 8.78 Å². The molecule has 0 saturated heterocycles. The van der Waals surface area contributed by atoms with E-state index in [9.17, 15) is 4.39 Å². The monoisotopic (exact) mass is 469 g/mol. The Morgan fingerprint density at radius 1 is 0.829 bits per heavy atom. The number of rotatable bonds is 7. The Morgan fingerprint density at radius 2 is 1.57 bits per heavy atom. The van der Waals surface area contributed by atoms with Crippen molar-refractivity contribution in [2.24, 2.45) is 11.8 Å². The predicted octanol–water partition coefficient (Wildman–Crippen LogP) is 8.71. The highest BCUT2D eigenvalue weighted by molar-refractivity contribution is 5.85. The number of unbranched alkanes of at least 4 members (excludes halogenated alkanes) is 2. The topological polar surface area (TPSA) is 23.8 Å². The van der Waals surface area contributed by atoms with E-state index in [4.69, 9.17) is 5.26 Å². The van der Waals surface area contributed by atoms with Crippen LogP contribution in [0.15, 0.2) is 48.5 Å². The number of nitrogens with zero attached hydrogens (tertiary/aromatic N) is 1. The molecule has 0 aliphatic heterocycles. The second kappa shape index (κ2) is 12.0. The number of fused-ring (bicyclic) bond motifs is 1. The first kappa shape index (κ1) is 24.9. The zero-order valence-corrected chi connectivity index (χ0v) is 20.5. The van der Waals surface area contributed by atoms with E-state index in [0.717, 1.165) is 23.6 Å². The molecular weight excluding hydrogens is 436 g/mol. The number of hydrogen-bond acceptors (Lipinski definition) is 1. The third kappa shape index (κ3) is 6.49. The zero-order chi connectivity index (χ0) is 24.6. The van der Waals surface area contributed by atoms with Gasteiger partial charge in [0.05, 0.1) is 11.1 Å². The third-order valence-corrected chi connectivity index (χ3v) is 7.47. The van der Waals surface area contributed by atoms with Crippen LogP contribution in [0.1, 0.15) is 87.0 Å². The number of benzene rings is 3. The lowest BCUT2D eigenvalue weighted by Gasteiger charge is -2.28. The first-order valence-electron chi connectivity index (χ1n) is 13.0. The van der Waals surface area contributed by atoms with Gasteiger partial charge in [0, 0.05) is 10.9 Å². The number of nitriles is 1. The molecule has 0 aromatic heterocycles. The zero-order valence-electron chi connectivity index (χ0n) is 20.5. The number of halogens is 2. The molecule has 0 bridgehead atoms. The summed E-state index contributed by atoms with van der Waals surface area (Å²) in [4.78, 5) is 0. The van der Waals surface area contributed by atoms with Crippen molar-refractivity contribution in [2.75, 3.05) is 0 Å². The Hall–Kier alpha value is -3.17. The number of hydrogen-bond donors (Lipinski definition) is 0. The lowest BCUT2D eigenvalue weighted by Crippen LogP contribution is -2.15. The molecule has 1 fully saturated rings. The lowest BCUT2D eigenvalue weighted by atomic mass is 9.77. The Kier molecular flexibility index (Phi) is 8.54. The maximum absolute atomic E-state index is 15.1. The molecule has 1 nitrogen and oxygen atoms in total. The number of aryl methyl sites for hydroxylation is 1. The molecule has 3 aromatic rings. The van der Waals surface area contributed by atoms with Crippen LogP contribution in [-0.4, -0.2) is 0 Å². The van der Waals surface area contributed by atoms with E-state index in [1.807, 2.05) is 18.2 Å². The molecule has 0 radical (unpaired) electrons. The van der Waals surface area contributed by atoms with Crippen molar-refractivity contribution in [3.05, 3.63) is 82.4 Å². The Bertz CT molecular complexity index is 1270. The van der Waals surface area contributed by atoms with Crippen LogP contribution in [0, 0.1) is 46.6 Å². The van der Waals surface area contributed by atoms with Crippen molar-refractivity contribution in [1.29, 1.82) is 5.26 Å². The van der Waals surface area contributed by atoms with Crippen LogP contribution in [0.25, 0.3) is 10.8 Å². The molecule has 1 aliphatic carbocycles. The standard InChI is InChI=1S/C32H33F2N/c1-2-3-4-5-23-6-8-24(9-7-23)10-11-25-14-19-30-28(20-25)18-17-27(32(30)34)15-12-26-13-16-29(22-35)31(33)21-26/h13-14,16-21,23-24H,2-11H2,1H3. The van der Waals surface area contributed by atoms with E-state index < -0.39 is 5.82 Å². The second-order valence-electron chi connectivity index (χ2n) is 9.96. The summed E-state index contributed by atoms with van der Waals surface area (Å²) in [6.07, 6.45) is 13.2. The first-order valence-corrected chi connectivity index (χ1v) is 13.0. The van der Waals surface area contributed by atoms with Crippen molar-refractivity contribution < 1.29 is 8.78 Å². The minimum absolute atomic E-state index is 0.0293. The van der Waals surface area contributed by atoms with E-state index in [1.54, 1.807) is 18.2 Å². The van der Waals surface area contributed by atoms with Gasteiger partial charge in [0.1, 0.15) is 17.7 Å². The SMILES string of the molecule is CCCCCC1CCC(CCc2ccc3c(F)c(C#Cc4ccc(C#N)c(F)c4)ccc3c2)CC1. The molecule has 180 valence electrons. The fourth-order valence-corrected chi connectivity index (χ4v) is 5.28. The molecule has 0 amide bonds. The van der Waals surface area contributed by atoms with Gasteiger partial charge in [-0.05, 0) is 59.9 Å². The minimum Gasteiger partial charge on any atom is -0.206 e. The highest BCUT2D eigenvalue weighted by atomic mass is 19.1. The smallest absolute Gasteiger partial charge is 0.146 e. The summed E-state index contributed by atoms with van der Waals surface area (Å²) in [6.45, 7) is 2.27. The van der Waals surface area contributed by atoms with E-state index in [-0.39, 0.29) is 16.9 Å². The van der Waals surface area contributed by atoms with Crippen LogP contribution < -0.4 is 0 Å². The van der Waals surface area contributed by atoms with Crippen molar-refractivity contribution in [2.45, 2.75) is 71.1 Å². The van der Waals surface area contributed by atoms with Crippen LogP contribution in [-0.2, 0) is 6.42 Å². The normalized spacial score (nSPS) is 17.5. The van der Waals surface area contributed by atoms with E-state index >= 15 is 4.39 Å². The molecule has 3 aromatic carbocycles. The molecule has 0 unspecified atom stereocenters. The summed E-state index contributed by atoms with van der Waals surface area (Å²) < 4.78 is 28.9. The van der Waals surface area contributed by atoms with Gasteiger partial charge in [-0.15, -0.1) is 0 Å². The van der Waals surface area contributed by atoms with E-state index in [1.165, 1.54) is 75.5 Å². The first-order chi connectivity index (χ1) is 17.1. The van der Waals surface area contributed by atoms with Gasteiger partial charge in [-0.3, -0.25) is 0 Å². The average Bonchev–Trinajstić information content (AvgIpc) is 2.88. The molecule has 0 atom stereocenters. The van der Waals surface area contributed by atoms with Crippen LogP contribution in [0.2, 0.25) is 0 Å². The molecule has 0 spiro atoms. The van der Waals surface area contributed by atoms with Crippen LogP contribution in [0.3, 0.4) is 0 Å². The highest BCUT2D eigenvalue weighted by Crippen LogP contribution is 2.34. The fraction of sp³-hybridized carbons (Fsp3) is 0.406. The maximum Gasteiger partial charge on any atom is 0.146 e. The fourth-order valence-electron chi connectivity index (χ4n) is 5.28. The molecule has 35 heavy (non-hydrogen) atoms. The summed E-state index contributed by atoms with van der Waals surface area (Å²) in [5, 5.41) is 10.3. The van der Waals surface area contributed by atoms with Gasteiger partial charge in [-0.2, -0.15) is 5.26 Å². The molecule has 4 rings (SSSR count). The Morgan fingerprint density at radius 3 is 2.29 bits per heavy atom. The van der Waals surface area contributed by atoms with Crippen molar-refractivity contribution in [3.63, 3.8) is 0 Å². The quantitative estimate of drug-likeness (QED) is 0.251.